The van der Waals surface area contributed by atoms with Gasteiger partial charge < -0.3 is 10.6 Å². The van der Waals surface area contributed by atoms with Crippen LogP contribution in [0.3, 0.4) is 0 Å². The molecular formula is C17H25ClN6O. The fourth-order valence-electron chi connectivity index (χ4n) is 4.07. The van der Waals surface area contributed by atoms with Crippen LogP contribution >= 0.6 is 12.4 Å². The summed E-state index contributed by atoms with van der Waals surface area (Å²) in [6.07, 6.45) is 8.91. The average molecular weight is 365 g/mol. The fraction of sp³-hybridized carbons (Fsp3) is 0.588. The lowest BCUT2D eigenvalue weighted by Crippen LogP contribution is -2.38. The molecule has 1 unspecified atom stereocenters. The van der Waals surface area contributed by atoms with Gasteiger partial charge in [-0.3, -0.25) is 14.2 Å². The van der Waals surface area contributed by atoms with Gasteiger partial charge in [0, 0.05) is 50.6 Å². The Labute approximate surface area is 153 Å². The third-order valence-electron chi connectivity index (χ3n) is 5.40. The number of carbonyl (C=O) groups is 1. The Morgan fingerprint density at radius 2 is 2.12 bits per heavy atom. The smallest absolute Gasteiger partial charge is 0.225 e. The molecule has 3 heterocycles. The first-order valence-electron chi connectivity index (χ1n) is 8.64. The van der Waals surface area contributed by atoms with E-state index in [4.69, 9.17) is 0 Å². The number of nitrogens with zero attached hydrogens (tertiary/aromatic N) is 4. The molecule has 7 nitrogen and oxygen atoms in total. The summed E-state index contributed by atoms with van der Waals surface area (Å²) in [6, 6.07) is 0.0881. The summed E-state index contributed by atoms with van der Waals surface area (Å²) in [5, 5.41) is 15.2. The molecule has 0 saturated carbocycles. The number of hydrogen-bond donors (Lipinski definition) is 2. The normalized spacial score (nSPS) is 25.3. The van der Waals surface area contributed by atoms with Gasteiger partial charge in [-0.1, -0.05) is 0 Å². The third kappa shape index (κ3) is 3.30. The number of aryl methyl sites for hydroxylation is 2. The summed E-state index contributed by atoms with van der Waals surface area (Å²) in [7, 11) is 3.88. The summed E-state index contributed by atoms with van der Waals surface area (Å²) < 4.78 is 3.73. The largest absolute Gasteiger partial charge is 0.349 e. The molecule has 1 saturated heterocycles. The highest BCUT2D eigenvalue weighted by Crippen LogP contribution is 2.32. The van der Waals surface area contributed by atoms with Crippen molar-refractivity contribution in [1.29, 1.82) is 0 Å². The van der Waals surface area contributed by atoms with Crippen LogP contribution in [-0.2, 0) is 25.3 Å². The summed E-state index contributed by atoms with van der Waals surface area (Å²) in [5.74, 6) is 0.280. The van der Waals surface area contributed by atoms with Crippen LogP contribution in [0.4, 0.5) is 0 Å². The van der Waals surface area contributed by atoms with E-state index in [0.717, 1.165) is 37.9 Å². The van der Waals surface area contributed by atoms with Crippen molar-refractivity contribution in [3.8, 4) is 0 Å². The minimum Gasteiger partial charge on any atom is -0.349 e. The van der Waals surface area contributed by atoms with Crippen molar-refractivity contribution in [1.82, 2.24) is 30.2 Å². The first-order chi connectivity index (χ1) is 11.6. The maximum absolute atomic E-state index is 12.9. The first kappa shape index (κ1) is 17.9. The van der Waals surface area contributed by atoms with Crippen LogP contribution < -0.4 is 10.6 Å². The maximum atomic E-state index is 12.9. The van der Waals surface area contributed by atoms with Crippen LogP contribution in [0.2, 0.25) is 0 Å². The second-order valence-corrected chi connectivity index (χ2v) is 6.94. The Morgan fingerprint density at radius 1 is 1.28 bits per heavy atom. The van der Waals surface area contributed by atoms with Crippen LogP contribution in [0.5, 0.6) is 0 Å². The van der Waals surface area contributed by atoms with Gasteiger partial charge >= 0.3 is 0 Å². The topological polar surface area (TPSA) is 76.8 Å². The number of hydrogen-bond acceptors (Lipinski definition) is 4. The van der Waals surface area contributed by atoms with Crippen LogP contribution in [0.1, 0.15) is 41.6 Å². The lowest BCUT2D eigenvalue weighted by Gasteiger charge is -2.26. The van der Waals surface area contributed by atoms with E-state index in [2.05, 4.69) is 20.8 Å². The van der Waals surface area contributed by atoms with Gasteiger partial charge in [0.15, 0.2) is 0 Å². The molecule has 2 aromatic rings. The Bertz CT molecular complexity index is 754. The second kappa shape index (κ2) is 7.17. The lowest BCUT2D eigenvalue weighted by molar-refractivity contribution is -0.125. The second-order valence-electron chi connectivity index (χ2n) is 6.94. The molecule has 3 atom stereocenters. The first-order valence-corrected chi connectivity index (χ1v) is 8.64. The highest BCUT2D eigenvalue weighted by molar-refractivity contribution is 5.85. The van der Waals surface area contributed by atoms with Crippen LogP contribution in [-0.4, -0.2) is 38.6 Å². The van der Waals surface area contributed by atoms with Gasteiger partial charge in [0.25, 0.3) is 0 Å². The van der Waals surface area contributed by atoms with Gasteiger partial charge in [0.05, 0.1) is 24.4 Å². The SMILES string of the molecule is Cl.Cn1cc([C@H]2CNC[C@@H]2C(=O)NC2CCCc3c2cnn3C)cn1. The number of aromatic nitrogens is 4. The molecule has 25 heavy (non-hydrogen) atoms. The van der Waals surface area contributed by atoms with E-state index in [1.807, 2.05) is 37.4 Å². The maximum Gasteiger partial charge on any atom is 0.225 e. The summed E-state index contributed by atoms with van der Waals surface area (Å²) in [4.78, 5) is 12.9. The van der Waals surface area contributed by atoms with Crippen molar-refractivity contribution in [2.75, 3.05) is 13.1 Å². The molecule has 2 N–H and O–H groups in total. The number of halogens is 1. The molecule has 136 valence electrons. The lowest BCUT2D eigenvalue weighted by atomic mass is 9.88. The zero-order valence-corrected chi connectivity index (χ0v) is 15.4. The summed E-state index contributed by atoms with van der Waals surface area (Å²) >= 11 is 0. The standard InChI is InChI=1S/C17H24N6O.ClH/c1-22-10-11(6-19-22)12-7-18-8-13(12)17(24)21-15-4-3-5-16-14(15)9-20-23(16)2;/h6,9-10,12-13,15,18H,3-5,7-8H2,1-2H3,(H,21,24);1H/t12-,13+,15?;/m1./s1. The minimum absolute atomic E-state index is 0. The van der Waals surface area contributed by atoms with Gasteiger partial charge in [-0.2, -0.15) is 10.2 Å². The third-order valence-corrected chi connectivity index (χ3v) is 5.40. The van der Waals surface area contributed by atoms with Crippen molar-refractivity contribution in [2.45, 2.75) is 31.2 Å². The monoisotopic (exact) mass is 364 g/mol. The van der Waals surface area contributed by atoms with Gasteiger partial charge in [-0.05, 0) is 24.8 Å². The Hall–Kier alpha value is -1.86. The Balaban J connectivity index is 0.00000182. The van der Waals surface area contributed by atoms with Crippen molar-refractivity contribution in [2.24, 2.45) is 20.0 Å². The van der Waals surface area contributed by atoms with Gasteiger partial charge in [-0.15, -0.1) is 12.4 Å². The van der Waals surface area contributed by atoms with E-state index < -0.39 is 0 Å². The molecule has 0 radical (unpaired) electrons. The average Bonchev–Trinajstić information content (AvgIpc) is 3.28. The molecule has 1 fully saturated rings. The van der Waals surface area contributed by atoms with E-state index in [9.17, 15) is 4.79 Å². The fourth-order valence-corrected chi connectivity index (χ4v) is 4.07. The zero-order valence-electron chi connectivity index (χ0n) is 14.6. The highest BCUT2D eigenvalue weighted by Gasteiger charge is 2.36. The molecule has 0 aromatic carbocycles. The number of fused-ring (bicyclic) bond motifs is 1. The van der Waals surface area contributed by atoms with E-state index in [1.165, 1.54) is 11.3 Å². The number of rotatable bonds is 3. The van der Waals surface area contributed by atoms with Crippen molar-refractivity contribution in [3.05, 3.63) is 35.4 Å². The number of nitrogens with one attached hydrogen (secondary N) is 2. The molecular weight excluding hydrogens is 340 g/mol. The molecule has 0 bridgehead atoms. The molecule has 2 aliphatic rings. The summed E-state index contributed by atoms with van der Waals surface area (Å²) in [6.45, 7) is 1.55. The van der Waals surface area contributed by atoms with E-state index >= 15 is 0 Å². The number of carbonyl (C=O) groups excluding carboxylic acids is 1. The van der Waals surface area contributed by atoms with Gasteiger partial charge in [-0.25, -0.2) is 0 Å². The van der Waals surface area contributed by atoms with Crippen LogP contribution in [0.15, 0.2) is 18.6 Å². The molecule has 4 rings (SSSR count). The van der Waals surface area contributed by atoms with E-state index in [1.54, 1.807) is 4.68 Å². The Kier molecular flexibility index (Phi) is 5.15. The predicted molar refractivity (Wildman–Crippen MR) is 96.6 cm³/mol. The number of amides is 1. The molecule has 1 aliphatic carbocycles. The van der Waals surface area contributed by atoms with E-state index in [0.29, 0.717) is 0 Å². The van der Waals surface area contributed by atoms with Gasteiger partial charge in [0.1, 0.15) is 0 Å². The minimum atomic E-state index is -0.0451. The van der Waals surface area contributed by atoms with Crippen molar-refractivity contribution < 1.29 is 4.79 Å². The van der Waals surface area contributed by atoms with Crippen molar-refractivity contribution >= 4 is 18.3 Å². The molecule has 1 amide bonds. The summed E-state index contributed by atoms with van der Waals surface area (Å²) in [5.41, 5.74) is 3.56. The molecule has 1 aliphatic heterocycles. The van der Waals surface area contributed by atoms with Crippen LogP contribution in [0, 0.1) is 5.92 Å². The predicted octanol–water partition coefficient (Wildman–Crippen LogP) is 1.07. The Morgan fingerprint density at radius 3 is 2.88 bits per heavy atom. The molecule has 8 heteroatoms. The van der Waals surface area contributed by atoms with Gasteiger partial charge in [0.2, 0.25) is 5.91 Å². The van der Waals surface area contributed by atoms with E-state index in [-0.39, 0.29) is 36.2 Å². The molecule has 0 spiro atoms. The molecule has 2 aromatic heterocycles. The highest BCUT2D eigenvalue weighted by atomic mass is 35.5. The van der Waals surface area contributed by atoms with Crippen molar-refractivity contribution in [3.63, 3.8) is 0 Å². The quantitative estimate of drug-likeness (QED) is 0.854. The zero-order chi connectivity index (χ0) is 16.7. The van der Waals surface area contributed by atoms with Crippen LogP contribution in [0.25, 0.3) is 0 Å².